The molecule has 0 amide bonds. The van der Waals surface area contributed by atoms with Crippen LogP contribution in [0.25, 0.3) is 0 Å². The van der Waals surface area contributed by atoms with Gasteiger partial charge < -0.3 is 9.47 Å². The number of ether oxygens (including phenoxy) is 2. The summed E-state index contributed by atoms with van der Waals surface area (Å²) in [4.78, 5) is 0.0833. The number of hydrogen-bond acceptors (Lipinski definition) is 4. The Morgan fingerprint density at radius 1 is 1.28 bits per heavy atom. The van der Waals surface area contributed by atoms with E-state index in [0.717, 1.165) is 0 Å². The van der Waals surface area contributed by atoms with E-state index in [1.807, 2.05) is 0 Å². The van der Waals surface area contributed by atoms with Crippen LogP contribution >= 0.6 is 11.6 Å². The van der Waals surface area contributed by atoms with Gasteiger partial charge in [0.2, 0.25) is 10.0 Å². The second-order valence-electron chi connectivity index (χ2n) is 3.79. The smallest absolute Gasteiger partial charge is 0.242 e. The van der Waals surface area contributed by atoms with Gasteiger partial charge in [-0.3, -0.25) is 0 Å². The second-order valence-corrected chi connectivity index (χ2v) is 5.93. The predicted octanol–water partition coefficient (Wildman–Crippen LogP) is 1.38. The number of halogens is 1. The van der Waals surface area contributed by atoms with Gasteiger partial charge in [-0.1, -0.05) is 23.7 Å². The first-order valence-electron chi connectivity index (χ1n) is 5.57. The number of benzene rings is 1. The van der Waals surface area contributed by atoms with E-state index in [0.29, 0.717) is 19.6 Å². The first-order valence-corrected chi connectivity index (χ1v) is 7.43. The normalized spacial score (nSPS) is 17.2. The Hall–Kier alpha value is -0.660. The Balaban J connectivity index is 1.93. The molecule has 2 rings (SSSR count). The maximum Gasteiger partial charge on any atom is 0.242 e. The fraction of sp³-hybridized carbons (Fsp3) is 0.455. The average molecular weight is 292 g/mol. The predicted molar refractivity (Wildman–Crippen MR) is 66.9 cm³/mol. The standard InChI is InChI=1S/C11H14ClNO4S/c12-9-3-1-2-4-10(9)18(14,15)13-6-5-11-16-7-8-17-11/h1-4,11,13H,5-8H2. The van der Waals surface area contributed by atoms with Crippen LogP contribution in [0.1, 0.15) is 6.42 Å². The molecule has 100 valence electrons. The molecule has 1 N–H and O–H groups in total. The average Bonchev–Trinajstić information content (AvgIpc) is 2.82. The van der Waals surface area contributed by atoms with Crippen molar-refractivity contribution in [3.05, 3.63) is 29.3 Å². The Bertz CT molecular complexity index is 500. The number of sulfonamides is 1. The van der Waals surface area contributed by atoms with Crippen molar-refractivity contribution in [2.75, 3.05) is 19.8 Å². The molecule has 1 heterocycles. The Morgan fingerprint density at radius 2 is 1.94 bits per heavy atom. The molecule has 0 bridgehead atoms. The van der Waals surface area contributed by atoms with Gasteiger partial charge in [0.15, 0.2) is 6.29 Å². The Labute approximate surface area is 111 Å². The SMILES string of the molecule is O=S(=O)(NCCC1OCCO1)c1ccccc1Cl. The molecule has 1 aromatic rings. The fourth-order valence-electron chi connectivity index (χ4n) is 1.63. The van der Waals surface area contributed by atoms with Crippen molar-refractivity contribution in [1.82, 2.24) is 4.72 Å². The summed E-state index contributed by atoms with van der Waals surface area (Å²) >= 11 is 5.85. The molecule has 0 unspecified atom stereocenters. The summed E-state index contributed by atoms with van der Waals surface area (Å²) in [5.74, 6) is 0. The zero-order valence-corrected chi connectivity index (χ0v) is 11.2. The maximum atomic E-state index is 11.9. The molecule has 1 aromatic carbocycles. The van der Waals surface area contributed by atoms with Crippen molar-refractivity contribution in [2.45, 2.75) is 17.6 Å². The van der Waals surface area contributed by atoms with Gasteiger partial charge in [0.05, 0.1) is 18.2 Å². The summed E-state index contributed by atoms with van der Waals surface area (Å²) in [5, 5.41) is 0.207. The van der Waals surface area contributed by atoms with E-state index in [-0.39, 0.29) is 22.8 Å². The van der Waals surface area contributed by atoms with Crippen LogP contribution in [-0.2, 0) is 19.5 Å². The molecule has 0 spiro atoms. The molecule has 0 saturated carbocycles. The lowest BCUT2D eigenvalue weighted by molar-refractivity contribution is -0.0451. The van der Waals surface area contributed by atoms with E-state index in [2.05, 4.69) is 4.72 Å². The summed E-state index contributed by atoms with van der Waals surface area (Å²) in [6.45, 7) is 1.36. The first-order chi connectivity index (χ1) is 8.59. The van der Waals surface area contributed by atoms with Crippen LogP contribution in [0.3, 0.4) is 0 Å². The lowest BCUT2D eigenvalue weighted by Crippen LogP contribution is -2.27. The van der Waals surface area contributed by atoms with Crippen molar-refractivity contribution in [1.29, 1.82) is 0 Å². The maximum absolute atomic E-state index is 11.9. The summed E-state index contributed by atoms with van der Waals surface area (Å²) in [5.41, 5.74) is 0. The zero-order valence-electron chi connectivity index (χ0n) is 9.63. The number of nitrogens with one attached hydrogen (secondary N) is 1. The summed E-state index contributed by atoms with van der Waals surface area (Å²) in [7, 11) is -3.58. The molecule has 1 saturated heterocycles. The van der Waals surface area contributed by atoms with Crippen molar-refractivity contribution in [3.63, 3.8) is 0 Å². The Kier molecular flexibility index (Phi) is 4.58. The lowest BCUT2D eigenvalue weighted by atomic mass is 10.4. The highest BCUT2D eigenvalue weighted by molar-refractivity contribution is 7.89. The number of rotatable bonds is 5. The summed E-state index contributed by atoms with van der Waals surface area (Å²) < 4.78 is 36.8. The quantitative estimate of drug-likeness (QED) is 0.890. The van der Waals surface area contributed by atoms with E-state index in [4.69, 9.17) is 21.1 Å². The molecule has 7 heteroatoms. The van der Waals surface area contributed by atoms with Crippen molar-refractivity contribution in [2.24, 2.45) is 0 Å². The van der Waals surface area contributed by atoms with Gasteiger partial charge in [0.25, 0.3) is 0 Å². The van der Waals surface area contributed by atoms with Crippen LogP contribution < -0.4 is 4.72 Å². The molecule has 1 aliphatic rings. The topological polar surface area (TPSA) is 64.6 Å². The second kappa shape index (κ2) is 5.99. The van der Waals surface area contributed by atoms with Gasteiger partial charge in [0, 0.05) is 13.0 Å². The molecule has 0 aliphatic carbocycles. The molecule has 0 aromatic heterocycles. The van der Waals surface area contributed by atoms with E-state index in [1.165, 1.54) is 6.07 Å². The molecule has 0 radical (unpaired) electrons. The molecular weight excluding hydrogens is 278 g/mol. The van der Waals surface area contributed by atoms with Crippen LogP contribution in [0, 0.1) is 0 Å². The number of hydrogen-bond donors (Lipinski definition) is 1. The zero-order chi connectivity index (χ0) is 13.0. The third kappa shape index (κ3) is 3.43. The van der Waals surface area contributed by atoms with Crippen LogP contribution in [-0.4, -0.2) is 34.5 Å². The van der Waals surface area contributed by atoms with Crippen LogP contribution in [0.5, 0.6) is 0 Å². The minimum atomic E-state index is -3.58. The van der Waals surface area contributed by atoms with E-state index in [1.54, 1.807) is 18.2 Å². The molecule has 18 heavy (non-hydrogen) atoms. The van der Waals surface area contributed by atoms with Crippen molar-refractivity contribution >= 4 is 21.6 Å². The van der Waals surface area contributed by atoms with Crippen LogP contribution in [0.2, 0.25) is 5.02 Å². The van der Waals surface area contributed by atoms with Crippen LogP contribution in [0.4, 0.5) is 0 Å². The van der Waals surface area contributed by atoms with Gasteiger partial charge in [-0.05, 0) is 12.1 Å². The van der Waals surface area contributed by atoms with E-state index >= 15 is 0 Å². The summed E-state index contributed by atoms with van der Waals surface area (Å²) in [6.07, 6.45) is 0.155. The minimum absolute atomic E-state index is 0.0833. The van der Waals surface area contributed by atoms with E-state index < -0.39 is 10.0 Å². The van der Waals surface area contributed by atoms with Gasteiger partial charge in [0.1, 0.15) is 4.90 Å². The van der Waals surface area contributed by atoms with Crippen LogP contribution in [0.15, 0.2) is 29.2 Å². The van der Waals surface area contributed by atoms with Crippen molar-refractivity contribution in [3.8, 4) is 0 Å². The monoisotopic (exact) mass is 291 g/mol. The van der Waals surface area contributed by atoms with Gasteiger partial charge in [-0.2, -0.15) is 0 Å². The Morgan fingerprint density at radius 3 is 2.61 bits per heavy atom. The highest BCUT2D eigenvalue weighted by Gasteiger charge is 2.19. The highest BCUT2D eigenvalue weighted by atomic mass is 35.5. The fourth-order valence-corrected chi connectivity index (χ4v) is 3.19. The highest BCUT2D eigenvalue weighted by Crippen LogP contribution is 2.20. The molecule has 1 aliphatic heterocycles. The van der Waals surface area contributed by atoms with Gasteiger partial charge in [-0.15, -0.1) is 0 Å². The third-order valence-corrected chi connectivity index (χ3v) is 4.45. The largest absolute Gasteiger partial charge is 0.350 e. The lowest BCUT2D eigenvalue weighted by Gasteiger charge is -2.11. The van der Waals surface area contributed by atoms with Gasteiger partial charge in [-0.25, -0.2) is 13.1 Å². The van der Waals surface area contributed by atoms with Gasteiger partial charge >= 0.3 is 0 Å². The molecule has 1 fully saturated rings. The minimum Gasteiger partial charge on any atom is -0.350 e. The molecular formula is C11H14ClNO4S. The summed E-state index contributed by atoms with van der Waals surface area (Å²) in [6, 6.07) is 6.32. The molecule has 0 atom stereocenters. The van der Waals surface area contributed by atoms with E-state index in [9.17, 15) is 8.42 Å². The third-order valence-electron chi connectivity index (χ3n) is 2.49. The van der Waals surface area contributed by atoms with Crippen molar-refractivity contribution < 1.29 is 17.9 Å². The first kappa shape index (κ1) is 13.8. The molecule has 5 nitrogen and oxygen atoms in total.